The molecule has 0 unspecified atom stereocenters. The van der Waals surface area contributed by atoms with Gasteiger partial charge in [0.1, 0.15) is 11.6 Å². The van der Waals surface area contributed by atoms with Gasteiger partial charge in [0.25, 0.3) is 5.91 Å². The number of hydrogen-bond donors (Lipinski definition) is 0. The molecule has 0 bridgehead atoms. The van der Waals surface area contributed by atoms with E-state index in [2.05, 4.69) is 29.8 Å². The predicted octanol–water partition coefficient (Wildman–Crippen LogP) is 4.24. The van der Waals surface area contributed by atoms with Gasteiger partial charge in [0, 0.05) is 32.4 Å². The molecule has 0 spiro atoms. The van der Waals surface area contributed by atoms with Gasteiger partial charge >= 0.3 is 0 Å². The first-order valence-corrected chi connectivity index (χ1v) is 9.76. The number of halogens is 2. The van der Waals surface area contributed by atoms with Crippen molar-refractivity contribution in [1.29, 1.82) is 0 Å². The van der Waals surface area contributed by atoms with Crippen LogP contribution in [0.1, 0.15) is 25.3 Å². The summed E-state index contributed by atoms with van der Waals surface area (Å²) >= 11 is 12.1. The largest absolute Gasteiger partial charge is 0.484 e. The normalized spacial score (nSPS) is 14.6. The lowest BCUT2D eigenvalue weighted by Gasteiger charge is -2.35. The van der Waals surface area contributed by atoms with Crippen LogP contribution in [-0.4, -0.2) is 48.6 Å². The second-order valence-corrected chi connectivity index (χ2v) is 7.69. The zero-order valence-corrected chi connectivity index (χ0v) is 17.0. The summed E-state index contributed by atoms with van der Waals surface area (Å²) in [4.78, 5) is 20.6. The number of aromatic nitrogens is 1. The Morgan fingerprint density at radius 3 is 2.59 bits per heavy atom. The molecule has 1 aliphatic rings. The summed E-state index contributed by atoms with van der Waals surface area (Å²) in [5.41, 5.74) is 1.20. The van der Waals surface area contributed by atoms with E-state index in [4.69, 9.17) is 27.9 Å². The maximum absolute atomic E-state index is 12.5. The summed E-state index contributed by atoms with van der Waals surface area (Å²) < 4.78 is 5.70. The fourth-order valence-corrected chi connectivity index (χ4v) is 3.51. The third-order valence-corrected chi connectivity index (χ3v) is 5.09. The molecule has 5 nitrogen and oxygen atoms in total. The first kappa shape index (κ1) is 19.8. The van der Waals surface area contributed by atoms with Crippen LogP contribution < -0.4 is 9.64 Å². The summed E-state index contributed by atoms with van der Waals surface area (Å²) in [6, 6.07) is 9.57. The molecule has 1 aromatic heterocycles. The Labute approximate surface area is 169 Å². The number of rotatable bonds is 5. The first-order valence-electron chi connectivity index (χ1n) is 9.00. The van der Waals surface area contributed by atoms with Crippen LogP contribution >= 0.6 is 23.2 Å². The Bertz CT molecular complexity index is 806. The quantitative estimate of drug-likeness (QED) is 0.743. The molecule has 2 heterocycles. The molecular formula is C20H23Cl2N3O2. The number of anilines is 1. The van der Waals surface area contributed by atoms with Gasteiger partial charge in [-0.05, 0) is 29.7 Å². The van der Waals surface area contributed by atoms with Gasteiger partial charge in [-0.1, -0.05) is 49.2 Å². The fourth-order valence-electron chi connectivity index (χ4n) is 3.01. The van der Waals surface area contributed by atoms with Gasteiger partial charge in [0.2, 0.25) is 0 Å². The van der Waals surface area contributed by atoms with Crippen LogP contribution in [-0.2, 0) is 4.79 Å². The van der Waals surface area contributed by atoms with Crippen LogP contribution in [0.15, 0.2) is 36.5 Å². The topological polar surface area (TPSA) is 45.7 Å². The van der Waals surface area contributed by atoms with Crippen molar-refractivity contribution in [3.05, 3.63) is 52.1 Å². The van der Waals surface area contributed by atoms with E-state index in [0.29, 0.717) is 48.0 Å². The number of carbonyl (C=O) groups is 1. The molecular weight excluding hydrogens is 385 g/mol. The first-order chi connectivity index (χ1) is 12.9. The van der Waals surface area contributed by atoms with Gasteiger partial charge < -0.3 is 14.5 Å². The number of piperazine rings is 1. The SMILES string of the molecule is CC(C)c1cccc(OCC(=O)N2CCN(c3ncc(Cl)cc3Cl)CC2)c1. The highest BCUT2D eigenvalue weighted by Gasteiger charge is 2.23. The van der Waals surface area contributed by atoms with E-state index in [1.165, 1.54) is 5.56 Å². The van der Waals surface area contributed by atoms with E-state index in [1.807, 2.05) is 23.1 Å². The third kappa shape index (κ3) is 5.05. The van der Waals surface area contributed by atoms with Gasteiger partial charge in [0.05, 0.1) is 10.0 Å². The van der Waals surface area contributed by atoms with Crippen molar-refractivity contribution in [1.82, 2.24) is 9.88 Å². The molecule has 1 fully saturated rings. The van der Waals surface area contributed by atoms with Crippen LogP contribution in [0.3, 0.4) is 0 Å². The summed E-state index contributed by atoms with van der Waals surface area (Å²) in [6.45, 7) is 6.86. The molecule has 0 saturated carbocycles. The summed E-state index contributed by atoms with van der Waals surface area (Å²) in [5.74, 6) is 1.84. The molecule has 1 amide bonds. The highest BCUT2D eigenvalue weighted by atomic mass is 35.5. The highest BCUT2D eigenvalue weighted by Crippen LogP contribution is 2.27. The predicted molar refractivity (Wildman–Crippen MR) is 109 cm³/mol. The van der Waals surface area contributed by atoms with Gasteiger partial charge in [0.15, 0.2) is 6.61 Å². The van der Waals surface area contributed by atoms with E-state index in [-0.39, 0.29) is 12.5 Å². The van der Waals surface area contributed by atoms with Crippen LogP contribution in [0.4, 0.5) is 5.82 Å². The summed E-state index contributed by atoms with van der Waals surface area (Å²) in [6.07, 6.45) is 1.58. The minimum Gasteiger partial charge on any atom is -0.484 e. The van der Waals surface area contributed by atoms with Gasteiger partial charge in [-0.3, -0.25) is 4.79 Å². The fraction of sp³-hybridized carbons (Fsp3) is 0.400. The molecule has 27 heavy (non-hydrogen) atoms. The van der Waals surface area contributed by atoms with Crippen molar-refractivity contribution in [2.75, 3.05) is 37.7 Å². The number of nitrogens with zero attached hydrogens (tertiary/aromatic N) is 3. The maximum atomic E-state index is 12.5. The van der Waals surface area contributed by atoms with E-state index in [1.54, 1.807) is 12.3 Å². The Hall–Kier alpha value is -1.98. The number of pyridine rings is 1. The molecule has 7 heteroatoms. The molecule has 0 radical (unpaired) electrons. The lowest BCUT2D eigenvalue weighted by atomic mass is 10.0. The molecule has 1 aromatic carbocycles. The van der Waals surface area contributed by atoms with Crippen molar-refractivity contribution >= 4 is 34.9 Å². The molecule has 0 N–H and O–H groups in total. The summed E-state index contributed by atoms with van der Waals surface area (Å²) in [7, 11) is 0. The van der Waals surface area contributed by atoms with Crippen LogP contribution in [0.2, 0.25) is 10.0 Å². The van der Waals surface area contributed by atoms with Crippen molar-refractivity contribution in [2.45, 2.75) is 19.8 Å². The number of ether oxygens (including phenoxy) is 1. The number of benzene rings is 1. The van der Waals surface area contributed by atoms with Crippen molar-refractivity contribution in [3.8, 4) is 5.75 Å². The standard InChI is InChI=1S/C20H23Cl2N3O2/c1-14(2)15-4-3-5-17(10-15)27-13-19(26)24-6-8-25(9-7-24)20-18(22)11-16(21)12-23-20/h3-5,10-12,14H,6-9,13H2,1-2H3. The van der Waals surface area contributed by atoms with E-state index in [0.717, 1.165) is 5.75 Å². The highest BCUT2D eigenvalue weighted by molar-refractivity contribution is 6.36. The zero-order chi connectivity index (χ0) is 19.4. The number of hydrogen-bond acceptors (Lipinski definition) is 4. The van der Waals surface area contributed by atoms with E-state index < -0.39 is 0 Å². The molecule has 0 aliphatic carbocycles. The second-order valence-electron chi connectivity index (χ2n) is 6.84. The Morgan fingerprint density at radius 2 is 1.93 bits per heavy atom. The molecule has 1 saturated heterocycles. The maximum Gasteiger partial charge on any atom is 0.260 e. The van der Waals surface area contributed by atoms with E-state index >= 15 is 0 Å². The van der Waals surface area contributed by atoms with Crippen molar-refractivity contribution in [2.24, 2.45) is 0 Å². The Morgan fingerprint density at radius 1 is 1.19 bits per heavy atom. The van der Waals surface area contributed by atoms with Crippen LogP contribution in [0.25, 0.3) is 0 Å². The third-order valence-electron chi connectivity index (χ3n) is 4.61. The molecule has 0 atom stereocenters. The van der Waals surface area contributed by atoms with Crippen LogP contribution in [0.5, 0.6) is 5.75 Å². The lowest BCUT2D eigenvalue weighted by Crippen LogP contribution is -2.50. The van der Waals surface area contributed by atoms with Gasteiger partial charge in [-0.15, -0.1) is 0 Å². The second kappa shape index (κ2) is 8.81. The smallest absolute Gasteiger partial charge is 0.260 e. The minimum absolute atomic E-state index is 0.0141. The average Bonchev–Trinajstić information content (AvgIpc) is 2.66. The van der Waals surface area contributed by atoms with E-state index in [9.17, 15) is 4.79 Å². The number of carbonyl (C=O) groups excluding carboxylic acids is 1. The van der Waals surface area contributed by atoms with Gasteiger partial charge in [-0.25, -0.2) is 4.98 Å². The Kier molecular flexibility index (Phi) is 6.45. The van der Waals surface area contributed by atoms with Gasteiger partial charge in [-0.2, -0.15) is 0 Å². The molecule has 2 aromatic rings. The van der Waals surface area contributed by atoms with Crippen molar-refractivity contribution in [3.63, 3.8) is 0 Å². The average molecular weight is 408 g/mol. The lowest BCUT2D eigenvalue weighted by molar-refractivity contribution is -0.133. The zero-order valence-electron chi connectivity index (χ0n) is 15.5. The van der Waals surface area contributed by atoms with Crippen LogP contribution in [0, 0.1) is 0 Å². The molecule has 1 aliphatic heterocycles. The monoisotopic (exact) mass is 407 g/mol. The number of amides is 1. The molecule has 144 valence electrons. The summed E-state index contributed by atoms with van der Waals surface area (Å²) in [5, 5.41) is 1.03. The molecule has 3 rings (SSSR count). The minimum atomic E-state index is -0.0141. The Balaban J connectivity index is 1.52. The van der Waals surface area contributed by atoms with Crippen molar-refractivity contribution < 1.29 is 9.53 Å².